The molecule has 0 spiro atoms. The van der Waals surface area contributed by atoms with Gasteiger partial charge in [0.2, 0.25) is 0 Å². The van der Waals surface area contributed by atoms with Gasteiger partial charge in [-0.15, -0.1) is 0 Å². The summed E-state index contributed by atoms with van der Waals surface area (Å²) in [6, 6.07) is 12.3. The van der Waals surface area contributed by atoms with Gasteiger partial charge in [0.1, 0.15) is 0 Å². The Labute approximate surface area is 138 Å². The molecule has 0 atom stereocenters. The van der Waals surface area contributed by atoms with Gasteiger partial charge in [-0.05, 0) is 63.1 Å². The molecule has 126 valence electrons. The topological polar surface area (TPSA) is 70.5 Å². The highest BCUT2D eigenvalue weighted by molar-refractivity contribution is 6.94. The van der Waals surface area contributed by atoms with Crippen LogP contribution in [0.4, 0.5) is 0 Å². The van der Waals surface area contributed by atoms with Crippen LogP contribution in [-0.4, -0.2) is 38.3 Å². The van der Waals surface area contributed by atoms with Crippen molar-refractivity contribution in [3.05, 3.63) is 30.3 Å². The van der Waals surface area contributed by atoms with Crippen molar-refractivity contribution in [2.75, 3.05) is 13.1 Å². The van der Waals surface area contributed by atoms with Crippen LogP contribution in [0.3, 0.4) is 0 Å². The van der Waals surface area contributed by atoms with E-state index in [1.54, 1.807) is 0 Å². The summed E-state index contributed by atoms with van der Waals surface area (Å²) in [7, 11) is -6.14. The molecule has 4 N–H and O–H groups in total. The predicted molar refractivity (Wildman–Crippen MR) is 103 cm³/mol. The summed E-state index contributed by atoms with van der Waals surface area (Å²) in [6.07, 6.45) is 0. The van der Waals surface area contributed by atoms with Crippen molar-refractivity contribution in [1.29, 1.82) is 0 Å². The molecule has 0 bridgehead atoms. The Morgan fingerprint density at radius 2 is 1.18 bits per heavy atom. The Morgan fingerprint density at radius 1 is 0.773 bits per heavy atom. The van der Waals surface area contributed by atoms with Gasteiger partial charge in [0, 0.05) is 0 Å². The van der Waals surface area contributed by atoms with Gasteiger partial charge in [-0.2, -0.15) is 0 Å². The molecule has 0 saturated carbocycles. The van der Waals surface area contributed by atoms with Crippen molar-refractivity contribution in [1.82, 2.24) is 0 Å². The lowest BCUT2D eigenvalue weighted by Crippen LogP contribution is -2.61. The summed E-state index contributed by atoms with van der Waals surface area (Å²) in [6.45, 7) is 12.4. The monoisotopic (exact) mass is 356 g/mol. The van der Waals surface area contributed by atoms with E-state index in [-0.39, 0.29) is 0 Å². The molecule has 22 heavy (non-hydrogen) atoms. The lowest BCUT2D eigenvalue weighted by atomic mass is 10.4. The van der Waals surface area contributed by atoms with Crippen LogP contribution in [-0.2, 0) is 8.23 Å². The van der Waals surface area contributed by atoms with E-state index in [4.69, 9.17) is 19.7 Å². The second-order valence-corrected chi connectivity index (χ2v) is 19.3. The van der Waals surface area contributed by atoms with Gasteiger partial charge in [0.15, 0.2) is 16.6 Å². The van der Waals surface area contributed by atoms with Crippen LogP contribution in [0, 0.1) is 0 Å². The first-order chi connectivity index (χ1) is 10.1. The minimum absolute atomic E-state index is 0.669. The average Bonchev–Trinajstić information content (AvgIpc) is 2.37. The van der Waals surface area contributed by atoms with E-state index < -0.39 is 25.2 Å². The zero-order valence-electron chi connectivity index (χ0n) is 14.7. The Bertz CT molecular complexity index is 435. The maximum absolute atomic E-state index is 6.70. The third kappa shape index (κ3) is 6.07. The molecule has 0 heterocycles. The Morgan fingerprint density at radius 3 is 1.55 bits per heavy atom. The van der Waals surface area contributed by atoms with Crippen molar-refractivity contribution in [2.24, 2.45) is 11.5 Å². The summed E-state index contributed by atoms with van der Waals surface area (Å²) in [5, 5.41) is 1.20. The predicted octanol–water partition coefficient (Wildman–Crippen LogP) is 2.33. The van der Waals surface area contributed by atoms with Crippen LogP contribution in [0.1, 0.15) is 0 Å². The van der Waals surface area contributed by atoms with Crippen LogP contribution < -0.4 is 16.7 Å². The number of rotatable bonds is 9. The van der Waals surface area contributed by atoms with E-state index in [2.05, 4.69) is 57.0 Å². The quantitative estimate of drug-likeness (QED) is 0.666. The van der Waals surface area contributed by atoms with Gasteiger partial charge in [0.05, 0.1) is 0 Å². The number of nitrogens with two attached hydrogens (primary N) is 2. The van der Waals surface area contributed by atoms with E-state index in [1.165, 1.54) is 5.19 Å². The summed E-state index contributed by atoms with van der Waals surface area (Å²) in [4.78, 5) is 0. The molecule has 1 rings (SSSR count). The van der Waals surface area contributed by atoms with Gasteiger partial charge < -0.3 is 19.7 Å². The van der Waals surface area contributed by atoms with E-state index in [9.17, 15) is 0 Å². The fourth-order valence-electron chi connectivity index (χ4n) is 2.73. The zero-order chi connectivity index (χ0) is 16.9. The molecule has 0 saturated heterocycles. The molecule has 0 aliphatic carbocycles. The van der Waals surface area contributed by atoms with Crippen LogP contribution in [0.5, 0.6) is 0 Å². The summed E-state index contributed by atoms with van der Waals surface area (Å²) >= 11 is 0. The third-order valence-corrected chi connectivity index (χ3v) is 15.6. The fourth-order valence-corrected chi connectivity index (χ4v) is 15.7. The maximum Gasteiger partial charge on any atom is 0.348 e. The minimum Gasteiger partial charge on any atom is -0.433 e. The molecular formula is C15H32N2O2Si3. The SMILES string of the molecule is C[Si](C)(CCN)O[Si](C)(O[Si](C)(C)CCN)c1ccccc1. The first kappa shape index (κ1) is 19.8. The highest BCUT2D eigenvalue weighted by Gasteiger charge is 2.44. The van der Waals surface area contributed by atoms with Crippen molar-refractivity contribution >= 4 is 30.4 Å². The molecule has 1 aromatic rings. The van der Waals surface area contributed by atoms with Crippen LogP contribution >= 0.6 is 0 Å². The van der Waals surface area contributed by atoms with Crippen molar-refractivity contribution < 1.29 is 8.23 Å². The second-order valence-electron chi connectivity index (χ2n) is 7.11. The molecule has 0 radical (unpaired) electrons. The third-order valence-electron chi connectivity index (χ3n) is 3.73. The zero-order valence-corrected chi connectivity index (χ0v) is 17.7. The van der Waals surface area contributed by atoms with Gasteiger partial charge in [0.25, 0.3) is 0 Å². The smallest absolute Gasteiger partial charge is 0.348 e. The lowest BCUT2D eigenvalue weighted by molar-refractivity contribution is 0.397. The fraction of sp³-hybridized carbons (Fsp3) is 0.600. The first-order valence-corrected chi connectivity index (χ1v) is 16.5. The molecule has 1 aromatic carbocycles. The molecular weight excluding hydrogens is 324 g/mol. The highest BCUT2D eigenvalue weighted by atomic mass is 28.5. The molecule has 0 fully saturated rings. The highest BCUT2D eigenvalue weighted by Crippen LogP contribution is 2.24. The largest absolute Gasteiger partial charge is 0.433 e. The summed E-state index contributed by atoms with van der Waals surface area (Å²) in [5.74, 6) is 0. The summed E-state index contributed by atoms with van der Waals surface area (Å²) < 4.78 is 13.4. The standard InChI is InChI=1S/C15H32N2O2Si3/c1-20(2,13-11-16)18-22(5,15-9-7-6-8-10-15)19-21(3,4)14-12-17/h6-10H,11-14,16-17H2,1-5H3. The Hall–Kier alpha value is -0.289. The number of hydrogen-bond acceptors (Lipinski definition) is 4. The van der Waals surface area contributed by atoms with E-state index in [0.717, 1.165) is 12.1 Å². The average molecular weight is 357 g/mol. The van der Waals surface area contributed by atoms with Gasteiger partial charge in [-0.3, -0.25) is 0 Å². The Balaban J connectivity index is 3.10. The van der Waals surface area contributed by atoms with E-state index >= 15 is 0 Å². The molecule has 7 heteroatoms. The molecule has 0 aliphatic heterocycles. The van der Waals surface area contributed by atoms with Gasteiger partial charge in [-0.25, -0.2) is 0 Å². The number of hydrogen-bond donors (Lipinski definition) is 2. The van der Waals surface area contributed by atoms with Gasteiger partial charge in [-0.1, -0.05) is 30.3 Å². The van der Waals surface area contributed by atoms with E-state index in [0.29, 0.717) is 13.1 Å². The van der Waals surface area contributed by atoms with Crippen LogP contribution in [0.25, 0.3) is 0 Å². The van der Waals surface area contributed by atoms with Crippen molar-refractivity contribution in [3.63, 3.8) is 0 Å². The van der Waals surface area contributed by atoms with Crippen molar-refractivity contribution in [3.8, 4) is 0 Å². The summed E-state index contributed by atoms with van der Waals surface area (Å²) in [5.41, 5.74) is 11.5. The maximum atomic E-state index is 6.70. The van der Waals surface area contributed by atoms with Crippen molar-refractivity contribution in [2.45, 2.75) is 44.8 Å². The second kappa shape index (κ2) is 8.00. The first-order valence-electron chi connectivity index (χ1n) is 8.00. The molecule has 4 nitrogen and oxygen atoms in total. The molecule has 0 amide bonds. The molecule has 0 unspecified atom stereocenters. The van der Waals surface area contributed by atoms with Crippen LogP contribution in [0.15, 0.2) is 30.3 Å². The number of benzene rings is 1. The molecule has 0 aliphatic rings. The molecule has 0 aromatic heterocycles. The Kier molecular flexibility index (Phi) is 7.19. The lowest BCUT2D eigenvalue weighted by Gasteiger charge is -2.40. The minimum atomic E-state index is -2.46. The van der Waals surface area contributed by atoms with Gasteiger partial charge >= 0.3 is 8.56 Å². The normalized spacial score (nSPS) is 13.4. The van der Waals surface area contributed by atoms with E-state index in [1.807, 2.05) is 6.07 Å². The van der Waals surface area contributed by atoms with Crippen LogP contribution in [0.2, 0.25) is 44.8 Å².